The Kier molecular flexibility index (Phi) is 5.91. The first kappa shape index (κ1) is 19.1. The minimum Gasteiger partial charge on any atom is -0.497 e. The van der Waals surface area contributed by atoms with Gasteiger partial charge in [-0.1, -0.05) is 0 Å². The average Bonchev–Trinajstić information content (AvgIpc) is 3.06. The number of aromatic amines is 1. The Morgan fingerprint density at radius 2 is 1.70 bits per heavy atom. The van der Waals surface area contributed by atoms with Gasteiger partial charge in [0, 0.05) is 16.5 Å². The number of hydrogen-bond acceptors (Lipinski definition) is 4. The van der Waals surface area contributed by atoms with Gasteiger partial charge < -0.3 is 24.9 Å². The summed E-state index contributed by atoms with van der Waals surface area (Å²) in [6.45, 7) is 2.79. The highest BCUT2D eigenvalue weighted by atomic mass is 16.5. The Bertz CT molecular complexity index is 931. The number of methoxy groups -OCH3 is 3. The topological polar surface area (TPSA) is 69.5 Å². The Hall–Kier alpha value is -2.66. The summed E-state index contributed by atoms with van der Waals surface area (Å²) in [5.74, 6) is 2.47. The van der Waals surface area contributed by atoms with Gasteiger partial charge >= 0.3 is 0 Å². The Balaban J connectivity index is 2.25. The number of nitrogens with two attached hydrogens (primary N) is 1. The first-order valence-electron chi connectivity index (χ1n) is 9.24. The third kappa shape index (κ3) is 3.74. The van der Waals surface area contributed by atoms with Gasteiger partial charge in [0.25, 0.3) is 0 Å². The van der Waals surface area contributed by atoms with E-state index in [0.717, 1.165) is 58.8 Å². The van der Waals surface area contributed by atoms with Crippen molar-refractivity contribution in [3.63, 3.8) is 0 Å². The number of aryl methyl sites for hydroxylation is 2. The van der Waals surface area contributed by atoms with Gasteiger partial charge in [-0.15, -0.1) is 0 Å². The molecule has 3 aromatic rings. The zero-order valence-electron chi connectivity index (χ0n) is 16.5. The maximum Gasteiger partial charge on any atom is 0.128 e. The van der Waals surface area contributed by atoms with E-state index >= 15 is 0 Å². The highest BCUT2D eigenvalue weighted by Gasteiger charge is 2.19. The van der Waals surface area contributed by atoms with Crippen LogP contribution >= 0.6 is 0 Å². The number of aromatic nitrogens is 1. The molecule has 5 heteroatoms. The summed E-state index contributed by atoms with van der Waals surface area (Å²) < 4.78 is 16.6. The van der Waals surface area contributed by atoms with Gasteiger partial charge in [0.2, 0.25) is 0 Å². The van der Waals surface area contributed by atoms with E-state index in [-0.39, 0.29) is 0 Å². The van der Waals surface area contributed by atoms with Crippen molar-refractivity contribution in [3.05, 3.63) is 41.5 Å². The maximum atomic E-state index is 5.72. The molecule has 0 unspecified atom stereocenters. The monoisotopic (exact) mass is 368 g/mol. The largest absolute Gasteiger partial charge is 0.497 e. The number of rotatable bonds is 8. The lowest BCUT2D eigenvalue weighted by Crippen LogP contribution is -1.99. The molecule has 2 aromatic carbocycles. The standard InChI is InChI=1S/C22H28N2O3/c1-14-11-16(26-3)13-18-17(7-5-6-10-23)22(24-21(14)18)19-12-15(25-2)8-9-20(19)27-4/h8-9,11-13,24H,5-7,10,23H2,1-4H3. The molecule has 0 aliphatic heterocycles. The Morgan fingerprint density at radius 3 is 2.37 bits per heavy atom. The van der Waals surface area contributed by atoms with Crippen molar-refractivity contribution in [3.8, 4) is 28.5 Å². The summed E-state index contributed by atoms with van der Waals surface area (Å²) in [6.07, 6.45) is 2.95. The van der Waals surface area contributed by atoms with Crippen LogP contribution in [-0.4, -0.2) is 32.9 Å². The van der Waals surface area contributed by atoms with Crippen molar-refractivity contribution in [1.29, 1.82) is 0 Å². The lowest BCUT2D eigenvalue weighted by atomic mass is 9.98. The molecule has 3 rings (SSSR count). The van der Waals surface area contributed by atoms with Gasteiger partial charge in [-0.3, -0.25) is 0 Å². The van der Waals surface area contributed by atoms with Crippen molar-refractivity contribution in [1.82, 2.24) is 4.98 Å². The quantitative estimate of drug-likeness (QED) is 0.576. The molecule has 144 valence electrons. The molecule has 0 saturated heterocycles. The van der Waals surface area contributed by atoms with E-state index in [9.17, 15) is 0 Å². The van der Waals surface area contributed by atoms with E-state index in [2.05, 4.69) is 24.0 Å². The van der Waals surface area contributed by atoms with E-state index in [1.807, 2.05) is 18.2 Å². The van der Waals surface area contributed by atoms with Crippen LogP contribution in [0.2, 0.25) is 0 Å². The second kappa shape index (κ2) is 8.35. The van der Waals surface area contributed by atoms with Crippen LogP contribution in [0.4, 0.5) is 0 Å². The van der Waals surface area contributed by atoms with E-state index in [1.165, 1.54) is 10.9 Å². The van der Waals surface area contributed by atoms with Crippen molar-refractivity contribution < 1.29 is 14.2 Å². The van der Waals surface area contributed by atoms with Gasteiger partial charge in [0.05, 0.1) is 27.0 Å². The number of benzene rings is 2. The fraction of sp³-hybridized carbons (Fsp3) is 0.364. The highest BCUT2D eigenvalue weighted by molar-refractivity contribution is 5.94. The highest BCUT2D eigenvalue weighted by Crippen LogP contribution is 2.40. The summed E-state index contributed by atoms with van der Waals surface area (Å²) in [5.41, 5.74) is 11.3. The molecule has 1 heterocycles. The molecule has 0 atom stereocenters. The van der Waals surface area contributed by atoms with Crippen molar-refractivity contribution in [2.24, 2.45) is 5.73 Å². The molecular formula is C22H28N2O3. The van der Waals surface area contributed by atoms with Gasteiger partial charge in [-0.25, -0.2) is 0 Å². The minimum absolute atomic E-state index is 0.697. The van der Waals surface area contributed by atoms with E-state index in [1.54, 1.807) is 21.3 Å². The summed E-state index contributed by atoms with van der Waals surface area (Å²) in [4.78, 5) is 3.63. The smallest absolute Gasteiger partial charge is 0.128 e. The van der Waals surface area contributed by atoms with Crippen LogP contribution < -0.4 is 19.9 Å². The van der Waals surface area contributed by atoms with Crippen LogP contribution in [0.1, 0.15) is 24.0 Å². The maximum absolute atomic E-state index is 5.72. The zero-order chi connectivity index (χ0) is 19.4. The Morgan fingerprint density at radius 1 is 0.926 bits per heavy atom. The molecule has 0 aliphatic carbocycles. The van der Waals surface area contributed by atoms with Crippen LogP contribution in [-0.2, 0) is 6.42 Å². The molecule has 27 heavy (non-hydrogen) atoms. The molecule has 0 radical (unpaired) electrons. The molecule has 0 spiro atoms. The van der Waals surface area contributed by atoms with Crippen LogP contribution in [0.15, 0.2) is 30.3 Å². The van der Waals surface area contributed by atoms with Crippen molar-refractivity contribution >= 4 is 10.9 Å². The molecule has 0 bridgehead atoms. The third-order valence-electron chi connectivity index (χ3n) is 4.98. The number of ether oxygens (including phenoxy) is 3. The predicted molar refractivity (Wildman–Crippen MR) is 110 cm³/mol. The van der Waals surface area contributed by atoms with Crippen LogP contribution in [0, 0.1) is 6.92 Å². The molecule has 3 N–H and O–H groups in total. The predicted octanol–water partition coefficient (Wildman–Crippen LogP) is 4.45. The molecule has 0 saturated carbocycles. The van der Waals surface area contributed by atoms with E-state index < -0.39 is 0 Å². The minimum atomic E-state index is 0.697. The van der Waals surface area contributed by atoms with E-state index in [0.29, 0.717) is 6.54 Å². The van der Waals surface area contributed by atoms with Crippen LogP contribution in [0.5, 0.6) is 17.2 Å². The van der Waals surface area contributed by atoms with Gasteiger partial charge in [0.1, 0.15) is 17.2 Å². The summed E-state index contributed by atoms with van der Waals surface area (Å²) in [7, 11) is 5.07. The molecule has 1 aromatic heterocycles. The molecule has 0 aliphatic rings. The second-order valence-electron chi connectivity index (χ2n) is 6.66. The number of fused-ring (bicyclic) bond motifs is 1. The summed E-state index contributed by atoms with van der Waals surface area (Å²) in [6, 6.07) is 10.0. The van der Waals surface area contributed by atoms with Gasteiger partial charge in [-0.2, -0.15) is 0 Å². The fourth-order valence-corrected chi connectivity index (χ4v) is 3.56. The summed E-state index contributed by atoms with van der Waals surface area (Å²) in [5, 5.41) is 1.18. The third-order valence-corrected chi connectivity index (χ3v) is 4.98. The summed E-state index contributed by atoms with van der Waals surface area (Å²) >= 11 is 0. The first-order chi connectivity index (χ1) is 13.1. The van der Waals surface area contributed by atoms with Crippen LogP contribution in [0.25, 0.3) is 22.2 Å². The van der Waals surface area contributed by atoms with Crippen LogP contribution in [0.3, 0.4) is 0 Å². The molecule has 0 amide bonds. The first-order valence-corrected chi connectivity index (χ1v) is 9.24. The lowest BCUT2D eigenvalue weighted by Gasteiger charge is -2.12. The number of nitrogens with one attached hydrogen (secondary N) is 1. The van der Waals surface area contributed by atoms with E-state index in [4.69, 9.17) is 19.9 Å². The van der Waals surface area contributed by atoms with Crippen molar-refractivity contribution in [2.75, 3.05) is 27.9 Å². The molecule has 0 fully saturated rings. The second-order valence-corrected chi connectivity index (χ2v) is 6.66. The Labute approximate surface area is 160 Å². The SMILES string of the molecule is COc1ccc(OC)c(-c2[nH]c3c(C)cc(OC)cc3c2CCCCN)c1. The zero-order valence-corrected chi connectivity index (χ0v) is 16.5. The molecule has 5 nitrogen and oxygen atoms in total. The molecular weight excluding hydrogens is 340 g/mol. The fourth-order valence-electron chi connectivity index (χ4n) is 3.56. The van der Waals surface area contributed by atoms with Crippen molar-refractivity contribution in [2.45, 2.75) is 26.2 Å². The number of H-pyrrole nitrogens is 1. The average molecular weight is 368 g/mol. The lowest BCUT2D eigenvalue weighted by molar-refractivity contribution is 0.404. The normalized spacial score (nSPS) is 11.0. The van der Waals surface area contributed by atoms with Gasteiger partial charge in [-0.05, 0) is 74.2 Å². The van der Waals surface area contributed by atoms with Gasteiger partial charge in [0.15, 0.2) is 0 Å². The number of unbranched alkanes of at least 4 members (excludes halogenated alkanes) is 1. The number of hydrogen-bond donors (Lipinski definition) is 2.